The summed E-state index contributed by atoms with van der Waals surface area (Å²) in [6.45, 7) is 6.55. The van der Waals surface area contributed by atoms with Crippen molar-refractivity contribution in [3.63, 3.8) is 0 Å². The van der Waals surface area contributed by atoms with E-state index >= 15 is 0 Å². The molecule has 18 heavy (non-hydrogen) atoms. The number of piperazine rings is 1. The van der Waals surface area contributed by atoms with E-state index in [0.29, 0.717) is 12.1 Å². The lowest BCUT2D eigenvalue weighted by atomic mass is 10.1. The number of nitrogens with zero attached hydrogens (tertiary/aromatic N) is 3. The highest BCUT2D eigenvalue weighted by atomic mass is 15.2. The summed E-state index contributed by atoms with van der Waals surface area (Å²) in [4.78, 5) is 8.98. The summed E-state index contributed by atoms with van der Waals surface area (Å²) >= 11 is 0. The molecule has 1 aromatic rings. The van der Waals surface area contributed by atoms with E-state index in [2.05, 4.69) is 47.2 Å². The van der Waals surface area contributed by atoms with Gasteiger partial charge in [-0.15, -0.1) is 0 Å². The molecule has 1 aliphatic heterocycles. The topological polar surface area (TPSA) is 31.4 Å². The SMILES string of the molecule is CC1CNC(CN(C)C)CN1Cc1cccnc1. The van der Waals surface area contributed by atoms with Gasteiger partial charge in [-0.2, -0.15) is 0 Å². The van der Waals surface area contributed by atoms with Crippen molar-refractivity contribution in [2.75, 3.05) is 33.7 Å². The van der Waals surface area contributed by atoms with Gasteiger partial charge >= 0.3 is 0 Å². The Morgan fingerprint density at radius 2 is 2.33 bits per heavy atom. The van der Waals surface area contributed by atoms with Gasteiger partial charge in [-0.1, -0.05) is 6.07 Å². The smallest absolute Gasteiger partial charge is 0.0323 e. The summed E-state index contributed by atoms with van der Waals surface area (Å²) in [6.07, 6.45) is 3.80. The van der Waals surface area contributed by atoms with E-state index in [-0.39, 0.29) is 0 Å². The number of rotatable bonds is 4. The molecule has 2 atom stereocenters. The summed E-state index contributed by atoms with van der Waals surface area (Å²) in [5, 5.41) is 3.62. The van der Waals surface area contributed by atoms with Gasteiger partial charge in [0.25, 0.3) is 0 Å². The summed E-state index contributed by atoms with van der Waals surface area (Å²) in [7, 11) is 4.26. The van der Waals surface area contributed by atoms with Gasteiger partial charge in [0.1, 0.15) is 0 Å². The Balaban J connectivity index is 1.93. The molecule has 1 aliphatic rings. The average Bonchev–Trinajstić information content (AvgIpc) is 2.34. The Hall–Kier alpha value is -0.970. The van der Waals surface area contributed by atoms with E-state index in [4.69, 9.17) is 0 Å². The summed E-state index contributed by atoms with van der Waals surface area (Å²) < 4.78 is 0. The van der Waals surface area contributed by atoms with E-state index in [1.807, 2.05) is 18.5 Å². The van der Waals surface area contributed by atoms with E-state index in [1.54, 1.807) is 0 Å². The molecule has 0 saturated carbocycles. The Kier molecular flexibility index (Phi) is 4.69. The van der Waals surface area contributed by atoms with Crippen LogP contribution >= 0.6 is 0 Å². The fourth-order valence-electron chi connectivity index (χ4n) is 2.50. The lowest BCUT2D eigenvalue weighted by Gasteiger charge is -2.39. The molecule has 0 radical (unpaired) electrons. The van der Waals surface area contributed by atoms with Crippen molar-refractivity contribution in [2.24, 2.45) is 0 Å². The van der Waals surface area contributed by atoms with Crippen molar-refractivity contribution in [3.8, 4) is 0 Å². The second kappa shape index (κ2) is 6.27. The minimum absolute atomic E-state index is 0.563. The fourth-order valence-corrected chi connectivity index (χ4v) is 2.50. The van der Waals surface area contributed by atoms with Crippen LogP contribution in [0.1, 0.15) is 12.5 Å². The molecule has 1 N–H and O–H groups in total. The van der Waals surface area contributed by atoms with Gasteiger partial charge in [0.05, 0.1) is 0 Å². The summed E-state index contributed by atoms with van der Waals surface area (Å²) in [5.74, 6) is 0. The molecule has 0 aliphatic carbocycles. The van der Waals surface area contributed by atoms with Crippen LogP contribution in [0.4, 0.5) is 0 Å². The van der Waals surface area contributed by atoms with Gasteiger partial charge in [-0.3, -0.25) is 9.88 Å². The molecule has 2 unspecified atom stereocenters. The van der Waals surface area contributed by atoms with Crippen molar-refractivity contribution in [1.29, 1.82) is 0 Å². The quantitative estimate of drug-likeness (QED) is 0.854. The van der Waals surface area contributed by atoms with Crippen LogP contribution in [0, 0.1) is 0 Å². The van der Waals surface area contributed by atoms with Gasteiger partial charge in [0.2, 0.25) is 0 Å². The van der Waals surface area contributed by atoms with E-state index < -0.39 is 0 Å². The normalized spacial score (nSPS) is 25.6. The Morgan fingerprint density at radius 1 is 1.50 bits per heavy atom. The van der Waals surface area contributed by atoms with Crippen molar-refractivity contribution < 1.29 is 0 Å². The number of pyridine rings is 1. The zero-order chi connectivity index (χ0) is 13.0. The third-order valence-electron chi connectivity index (χ3n) is 3.47. The lowest BCUT2D eigenvalue weighted by molar-refractivity contribution is 0.121. The van der Waals surface area contributed by atoms with Crippen molar-refractivity contribution >= 4 is 0 Å². The van der Waals surface area contributed by atoms with E-state index in [0.717, 1.165) is 26.2 Å². The number of hydrogen-bond acceptors (Lipinski definition) is 4. The largest absolute Gasteiger partial charge is 0.310 e. The number of nitrogens with one attached hydrogen (secondary N) is 1. The highest BCUT2D eigenvalue weighted by Gasteiger charge is 2.24. The standard InChI is InChI=1S/C14H24N4/c1-12-7-16-14(10-17(2)3)11-18(12)9-13-5-4-6-15-8-13/h4-6,8,12,14,16H,7,9-11H2,1-3H3. The Labute approximate surface area is 110 Å². The second-order valence-corrected chi connectivity index (χ2v) is 5.51. The van der Waals surface area contributed by atoms with Crippen LogP contribution in [0.25, 0.3) is 0 Å². The lowest BCUT2D eigenvalue weighted by Crippen LogP contribution is -2.57. The first kappa shape index (κ1) is 13.5. The molecule has 4 heteroatoms. The number of aromatic nitrogens is 1. The maximum absolute atomic E-state index is 4.19. The van der Waals surface area contributed by atoms with Crippen LogP contribution in [0.2, 0.25) is 0 Å². The molecule has 0 bridgehead atoms. The van der Waals surface area contributed by atoms with Crippen LogP contribution in [0.5, 0.6) is 0 Å². The van der Waals surface area contributed by atoms with Crippen LogP contribution in [0.15, 0.2) is 24.5 Å². The molecule has 0 aromatic carbocycles. The third kappa shape index (κ3) is 3.77. The van der Waals surface area contributed by atoms with Crippen LogP contribution in [-0.2, 0) is 6.54 Å². The van der Waals surface area contributed by atoms with Gasteiger partial charge < -0.3 is 10.2 Å². The maximum atomic E-state index is 4.19. The predicted octanol–water partition coefficient (Wildman–Crippen LogP) is 0.805. The van der Waals surface area contributed by atoms with Crippen LogP contribution < -0.4 is 5.32 Å². The molecular weight excluding hydrogens is 224 g/mol. The van der Waals surface area contributed by atoms with Crippen molar-refractivity contribution in [1.82, 2.24) is 20.1 Å². The molecule has 0 amide bonds. The molecule has 1 saturated heterocycles. The van der Waals surface area contributed by atoms with Crippen LogP contribution in [-0.4, -0.2) is 60.6 Å². The molecular formula is C14H24N4. The van der Waals surface area contributed by atoms with Crippen molar-refractivity contribution in [3.05, 3.63) is 30.1 Å². The first-order valence-electron chi connectivity index (χ1n) is 6.66. The molecule has 2 rings (SSSR count). The van der Waals surface area contributed by atoms with E-state index in [9.17, 15) is 0 Å². The molecule has 1 aromatic heterocycles. The zero-order valence-corrected chi connectivity index (χ0v) is 11.6. The van der Waals surface area contributed by atoms with Crippen molar-refractivity contribution in [2.45, 2.75) is 25.6 Å². The van der Waals surface area contributed by atoms with Gasteiger partial charge in [0.15, 0.2) is 0 Å². The Bertz CT molecular complexity index is 352. The minimum Gasteiger partial charge on any atom is -0.310 e. The monoisotopic (exact) mass is 248 g/mol. The fraction of sp³-hybridized carbons (Fsp3) is 0.643. The van der Waals surface area contributed by atoms with Crippen LogP contribution in [0.3, 0.4) is 0 Å². The van der Waals surface area contributed by atoms with Gasteiger partial charge in [-0.25, -0.2) is 0 Å². The summed E-state index contributed by atoms with van der Waals surface area (Å²) in [6, 6.07) is 5.32. The minimum atomic E-state index is 0.563. The summed E-state index contributed by atoms with van der Waals surface area (Å²) in [5.41, 5.74) is 1.30. The third-order valence-corrected chi connectivity index (χ3v) is 3.47. The highest BCUT2D eigenvalue weighted by molar-refractivity contribution is 5.08. The first-order chi connectivity index (χ1) is 8.65. The number of likely N-dealkylation sites (N-methyl/N-ethyl adjacent to an activating group) is 1. The van der Waals surface area contributed by atoms with Gasteiger partial charge in [0, 0.05) is 50.7 Å². The molecule has 100 valence electrons. The predicted molar refractivity (Wildman–Crippen MR) is 74.5 cm³/mol. The highest BCUT2D eigenvalue weighted by Crippen LogP contribution is 2.12. The maximum Gasteiger partial charge on any atom is 0.0323 e. The Morgan fingerprint density at radius 3 is 3.00 bits per heavy atom. The first-order valence-corrected chi connectivity index (χ1v) is 6.66. The number of hydrogen-bond donors (Lipinski definition) is 1. The zero-order valence-electron chi connectivity index (χ0n) is 11.6. The van der Waals surface area contributed by atoms with Gasteiger partial charge in [-0.05, 0) is 32.6 Å². The molecule has 4 nitrogen and oxygen atoms in total. The second-order valence-electron chi connectivity index (χ2n) is 5.51. The average molecular weight is 248 g/mol. The van der Waals surface area contributed by atoms with E-state index in [1.165, 1.54) is 5.56 Å². The molecule has 0 spiro atoms. The molecule has 2 heterocycles. The molecule has 1 fully saturated rings.